The number of carbonyl (C=O) groups is 1. The Morgan fingerprint density at radius 1 is 1.15 bits per heavy atom. The Morgan fingerprint density at radius 2 is 2.00 bits per heavy atom. The summed E-state index contributed by atoms with van der Waals surface area (Å²) in [7, 11) is 0. The molecule has 0 aliphatic carbocycles. The molecule has 2 saturated heterocycles. The molecule has 1 N–H and O–H groups in total. The molecule has 2 aliphatic rings. The van der Waals surface area contributed by atoms with Crippen LogP contribution in [0, 0.1) is 5.92 Å². The minimum Gasteiger partial charge on any atom is -0.373 e. The first-order valence-corrected chi connectivity index (χ1v) is 7.40. The lowest BCUT2D eigenvalue weighted by atomic mass is 9.95. The number of nitrogens with one attached hydrogen (secondary N) is 1. The number of carbonyl (C=O) groups excluding carboxylic acids is 1. The van der Waals surface area contributed by atoms with Gasteiger partial charge in [0.25, 0.3) is 0 Å². The Kier molecular flexibility index (Phi) is 4.33. The molecule has 1 aromatic rings. The van der Waals surface area contributed by atoms with E-state index >= 15 is 0 Å². The van der Waals surface area contributed by atoms with Gasteiger partial charge in [-0.1, -0.05) is 30.3 Å². The zero-order valence-electron chi connectivity index (χ0n) is 11.6. The molecule has 20 heavy (non-hydrogen) atoms. The van der Waals surface area contributed by atoms with Crippen molar-refractivity contribution in [3.63, 3.8) is 0 Å². The minimum atomic E-state index is -0.243. The van der Waals surface area contributed by atoms with Crippen molar-refractivity contribution >= 4 is 5.91 Å². The van der Waals surface area contributed by atoms with Crippen molar-refractivity contribution in [1.82, 2.24) is 5.32 Å². The van der Waals surface area contributed by atoms with E-state index in [1.54, 1.807) is 0 Å². The molecule has 108 valence electrons. The molecule has 3 rings (SSSR count). The van der Waals surface area contributed by atoms with Crippen LogP contribution in [0.3, 0.4) is 0 Å². The van der Waals surface area contributed by atoms with Gasteiger partial charge in [-0.3, -0.25) is 4.79 Å². The average molecular weight is 275 g/mol. The molecule has 4 heteroatoms. The van der Waals surface area contributed by atoms with Gasteiger partial charge in [0.1, 0.15) is 6.10 Å². The van der Waals surface area contributed by atoms with Crippen LogP contribution in [-0.2, 0) is 14.3 Å². The van der Waals surface area contributed by atoms with Crippen molar-refractivity contribution in [2.75, 3.05) is 19.8 Å². The van der Waals surface area contributed by atoms with Gasteiger partial charge < -0.3 is 14.8 Å². The lowest BCUT2D eigenvalue weighted by molar-refractivity contribution is -0.130. The topological polar surface area (TPSA) is 47.6 Å². The molecule has 2 heterocycles. The van der Waals surface area contributed by atoms with E-state index in [2.05, 4.69) is 17.4 Å². The van der Waals surface area contributed by atoms with Gasteiger partial charge in [0.15, 0.2) is 0 Å². The predicted molar refractivity (Wildman–Crippen MR) is 75.2 cm³/mol. The van der Waals surface area contributed by atoms with Crippen LogP contribution in [0.25, 0.3) is 0 Å². The van der Waals surface area contributed by atoms with Crippen LogP contribution >= 0.6 is 0 Å². The Labute approximate surface area is 119 Å². The molecular weight excluding hydrogens is 254 g/mol. The van der Waals surface area contributed by atoms with Crippen LogP contribution < -0.4 is 5.32 Å². The molecule has 0 aromatic heterocycles. The molecule has 2 fully saturated rings. The standard InChI is InChI=1S/C16H21NO3/c18-16(14-7-4-9-19-14)17-11-13-8-10-20-15(13)12-5-2-1-3-6-12/h1-3,5-6,13-15H,4,7-11H2,(H,17,18)/t13-,14?,15-/m1/s1. The van der Waals surface area contributed by atoms with Crippen LogP contribution in [0.2, 0.25) is 0 Å². The van der Waals surface area contributed by atoms with Crippen LogP contribution in [0.1, 0.15) is 30.9 Å². The number of hydrogen-bond acceptors (Lipinski definition) is 3. The average Bonchev–Trinajstić information content (AvgIpc) is 3.17. The highest BCUT2D eigenvalue weighted by molar-refractivity contribution is 5.80. The number of ether oxygens (including phenoxy) is 2. The third kappa shape index (κ3) is 3.02. The number of benzene rings is 1. The molecular formula is C16H21NO3. The number of hydrogen-bond donors (Lipinski definition) is 1. The van der Waals surface area contributed by atoms with E-state index in [1.807, 2.05) is 18.2 Å². The van der Waals surface area contributed by atoms with Crippen molar-refractivity contribution in [3.05, 3.63) is 35.9 Å². The van der Waals surface area contributed by atoms with E-state index in [4.69, 9.17) is 9.47 Å². The molecule has 0 spiro atoms. The molecule has 4 nitrogen and oxygen atoms in total. The fraction of sp³-hybridized carbons (Fsp3) is 0.562. The lowest BCUT2D eigenvalue weighted by Gasteiger charge is -2.20. The van der Waals surface area contributed by atoms with Gasteiger partial charge in [-0.2, -0.15) is 0 Å². The van der Waals surface area contributed by atoms with Crippen LogP contribution in [0.4, 0.5) is 0 Å². The summed E-state index contributed by atoms with van der Waals surface area (Å²) in [5.74, 6) is 0.379. The van der Waals surface area contributed by atoms with E-state index in [0.29, 0.717) is 19.1 Å². The number of amides is 1. The Morgan fingerprint density at radius 3 is 2.75 bits per heavy atom. The maximum absolute atomic E-state index is 12.0. The van der Waals surface area contributed by atoms with E-state index in [9.17, 15) is 4.79 Å². The molecule has 1 aromatic carbocycles. The predicted octanol–water partition coefficient (Wildman–Crippen LogP) is 2.06. The first-order chi connectivity index (χ1) is 9.84. The fourth-order valence-electron chi connectivity index (χ4n) is 2.98. The first kappa shape index (κ1) is 13.6. The zero-order valence-corrected chi connectivity index (χ0v) is 11.6. The van der Waals surface area contributed by atoms with Gasteiger partial charge in [0, 0.05) is 25.7 Å². The Hall–Kier alpha value is -1.39. The molecule has 0 radical (unpaired) electrons. The summed E-state index contributed by atoms with van der Waals surface area (Å²) in [5, 5.41) is 3.02. The van der Waals surface area contributed by atoms with Gasteiger partial charge in [0.2, 0.25) is 5.91 Å². The van der Waals surface area contributed by atoms with E-state index in [-0.39, 0.29) is 18.1 Å². The highest BCUT2D eigenvalue weighted by Crippen LogP contribution is 2.33. The summed E-state index contributed by atoms with van der Waals surface area (Å²) >= 11 is 0. The summed E-state index contributed by atoms with van der Waals surface area (Å²) in [4.78, 5) is 12.0. The maximum Gasteiger partial charge on any atom is 0.249 e. The lowest BCUT2D eigenvalue weighted by Crippen LogP contribution is -2.37. The Bertz CT molecular complexity index is 442. The smallest absolute Gasteiger partial charge is 0.249 e. The third-order valence-electron chi connectivity index (χ3n) is 4.10. The van der Waals surface area contributed by atoms with Gasteiger partial charge in [-0.05, 0) is 24.8 Å². The van der Waals surface area contributed by atoms with Crippen molar-refractivity contribution < 1.29 is 14.3 Å². The second-order valence-electron chi connectivity index (χ2n) is 5.50. The SMILES string of the molecule is O=C(NC[C@H]1CCO[C@@H]1c1ccccc1)C1CCCO1. The van der Waals surface area contributed by atoms with Crippen LogP contribution in [0.5, 0.6) is 0 Å². The van der Waals surface area contributed by atoms with Crippen molar-refractivity contribution in [1.29, 1.82) is 0 Å². The monoisotopic (exact) mass is 275 g/mol. The van der Waals surface area contributed by atoms with Gasteiger partial charge in [-0.15, -0.1) is 0 Å². The van der Waals surface area contributed by atoms with E-state index < -0.39 is 0 Å². The van der Waals surface area contributed by atoms with Crippen molar-refractivity contribution in [2.24, 2.45) is 5.92 Å². The molecule has 0 saturated carbocycles. The summed E-state index contributed by atoms with van der Waals surface area (Å²) in [5.41, 5.74) is 1.20. The van der Waals surface area contributed by atoms with Crippen LogP contribution in [0.15, 0.2) is 30.3 Å². The highest BCUT2D eigenvalue weighted by Gasteiger charge is 2.31. The molecule has 3 atom stereocenters. The second kappa shape index (κ2) is 6.37. The Balaban J connectivity index is 1.55. The fourth-order valence-corrected chi connectivity index (χ4v) is 2.98. The second-order valence-corrected chi connectivity index (χ2v) is 5.50. The number of rotatable bonds is 4. The summed E-state index contributed by atoms with van der Waals surface area (Å²) in [6, 6.07) is 10.2. The van der Waals surface area contributed by atoms with Gasteiger partial charge in [-0.25, -0.2) is 0 Å². The van der Waals surface area contributed by atoms with Crippen molar-refractivity contribution in [3.8, 4) is 0 Å². The zero-order chi connectivity index (χ0) is 13.8. The van der Waals surface area contributed by atoms with Crippen LogP contribution in [-0.4, -0.2) is 31.8 Å². The largest absolute Gasteiger partial charge is 0.373 e. The summed E-state index contributed by atoms with van der Waals surface area (Å²) in [6.45, 7) is 2.13. The quantitative estimate of drug-likeness (QED) is 0.915. The van der Waals surface area contributed by atoms with Gasteiger partial charge >= 0.3 is 0 Å². The molecule has 2 aliphatic heterocycles. The van der Waals surface area contributed by atoms with E-state index in [1.165, 1.54) is 5.56 Å². The molecule has 0 bridgehead atoms. The third-order valence-corrected chi connectivity index (χ3v) is 4.10. The van der Waals surface area contributed by atoms with Gasteiger partial charge in [0.05, 0.1) is 6.10 Å². The minimum absolute atomic E-state index is 0.0289. The first-order valence-electron chi connectivity index (χ1n) is 7.40. The van der Waals surface area contributed by atoms with E-state index in [0.717, 1.165) is 25.9 Å². The summed E-state index contributed by atoms with van der Waals surface area (Å²) < 4.78 is 11.2. The maximum atomic E-state index is 12.0. The highest BCUT2D eigenvalue weighted by atomic mass is 16.5. The summed E-state index contributed by atoms with van der Waals surface area (Å²) in [6.07, 6.45) is 2.67. The molecule has 1 unspecified atom stereocenters. The molecule has 1 amide bonds. The van der Waals surface area contributed by atoms with Crippen molar-refractivity contribution in [2.45, 2.75) is 31.5 Å². The normalized spacial score (nSPS) is 29.5.